The predicted molar refractivity (Wildman–Crippen MR) is 71.6 cm³/mol. The molecule has 2 atom stereocenters. The number of rotatable bonds is 6. The molecule has 2 unspecified atom stereocenters. The lowest BCUT2D eigenvalue weighted by Crippen LogP contribution is -2.29. The first-order valence-corrected chi connectivity index (χ1v) is 7.40. The minimum absolute atomic E-state index is 0.479. The van der Waals surface area contributed by atoms with Gasteiger partial charge in [-0.2, -0.15) is 0 Å². The van der Waals surface area contributed by atoms with Gasteiger partial charge >= 0.3 is 0 Å². The first-order chi connectivity index (χ1) is 8.31. The highest BCUT2D eigenvalue weighted by atomic mass is 32.1. The molecule has 1 aliphatic heterocycles. The zero-order valence-corrected chi connectivity index (χ0v) is 11.6. The zero-order valence-electron chi connectivity index (χ0n) is 10.7. The zero-order chi connectivity index (χ0) is 12.1. The summed E-state index contributed by atoms with van der Waals surface area (Å²) in [6.07, 6.45) is 3.93. The van der Waals surface area contributed by atoms with Gasteiger partial charge in [-0.1, -0.05) is 6.92 Å². The van der Waals surface area contributed by atoms with Crippen LogP contribution < -0.4 is 5.32 Å². The van der Waals surface area contributed by atoms with Crippen LogP contribution in [0.25, 0.3) is 0 Å². The predicted octanol–water partition coefficient (Wildman–Crippen LogP) is 2.40. The first-order valence-electron chi connectivity index (χ1n) is 6.52. The van der Waals surface area contributed by atoms with Gasteiger partial charge in [-0.25, -0.2) is 4.98 Å². The van der Waals surface area contributed by atoms with E-state index in [-0.39, 0.29) is 0 Å². The molecule has 2 heterocycles. The molecule has 1 N–H and O–H groups in total. The van der Waals surface area contributed by atoms with E-state index in [4.69, 9.17) is 4.74 Å². The minimum atomic E-state index is 0.479. The normalized spacial score (nSPS) is 24.4. The molecule has 1 aliphatic rings. The fourth-order valence-electron chi connectivity index (χ4n) is 2.43. The number of thiazole rings is 1. The largest absolute Gasteiger partial charge is 0.378 e. The Morgan fingerprint density at radius 3 is 3.18 bits per heavy atom. The molecule has 0 saturated carbocycles. The smallest absolute Gasteiger partial charge is 0.0797 e. The van der Waals surface area contributed by atoms with E-state index in [1.165, 1.54) is 17.0 Å². The Bertz CT molecular complexity index is 340. The Labute approximate surface area is 108 Å². The van der Waals surface area contributed by atoms with E-state index in [1.807, 2.05) is 5.51 Å². The van der Waals surface area contributed by atoms with Gasteiger partial charge in [0.05, 0.1) is 17.3 Å². The molecule has 1 fully saturated rings. The van der Waals surface area contributed by atoms with Crippen LogP contribution in [0.2, 0.25) is 0 Å². The van der Waals surface area contributed by atoms with Crippen LogP contribution in [0.3, 0.4) is 0 Å². The maximum absolute atomic E-state index is 5.69. The monoisotopic (exact) mass is 254 g/mol. The second kappa shape index (κ2) is 6.47. The summed E-state index contributed by atoms with van der Waals surface area (Å²) in [6, 6.07) is 0. The number of ether oxygens (including phenoxy) is 1. The number of hydrogen-bond donors (Lipinski definition) is 1. The quantitative estimate of drug-likeness (QED) is 0.792. The van der Waals surface area contributed by atoms with Gasteiger partial charge in [0.1, 0.15) is 0 Å². The third-order valence-electron chi connectivity index (χ3n) is 3.53. The van der Waals surface area contributed by atoms with Crippen LogP contribution in [0.1, 0.15) is 30.3 Å². The summed E-state index contributed by atoms with van der Waals surface area (Å²) < 4.78 is 5.69. The second-order valence-corrected chi connectivity index (χ2v) is 5.62. The highest BCUT2D eigenvalue weighted by molar-refractivity contribution is 7.09. The van der Waals surface area contributed by atoms with Crippen LogP contribution in [-0.4, -0.2) is 30.8 Å². The molecule has 0 aliphatic carbocycles. The molecule has 0 bridgehead atoms. The number of nitrogens with one attached hydrogen (secondary N) is 1. The Kier molecular flexibility index (Phi) is 4.95. The van der Waals surface area contributed by atoms with Crippen LogP contribution in [0.15, 0.2) is 5.51 Å². The molecule has 4 heteroatoms. The van der Waals surface area contributed by atoms with Crippen LogP contribution in [0.5, 0.6) is 0 Å². The first kappa shape index (κ1) is 13.0. The molecule has 96 valence electrons. The van der Waals surface area contributed by atoms with Crippen molar-refractivity contribution in [3.05, 3.63) is 16.1 Å². The Hall–Kier alpha value is -0.450. The standard InChI is InChI=1S/C13H22N2OS/c1-3-12-11(5-7-16-12)8-14-6-4-13-10(2)15-9-17-13/h9,11-12,14H,3-8H2,1-2H3. The van der Waals surface area contributed by atoms with E-state index in [1.54, 1.807) is 11.3 Å². The van der Waals surface area contributed by atoms with Crippen LogP contribution >= 0.6 is 11.3 Å². The fraction of sp³-hybridized carbons (Fsp3) is 0.769. The summed E-state index contributed by atoms with van der Waals surface area (Å²) in [5.41, 5.74) is 3.12. The lowest BCUT2D eigenvalue weighted by atomic mass is 10.00. The molecule has 3 nitrogen and oxygen atoms in total. The van der Waals surface area contributed by atoms with Crippen molar-refractivity contribution in [1.29, 1.82) is 0 Å². The minimum Gasteiger partial charge on any atom is -0.378 e. The van der Waals surface area contributed by atoms with Crippen molar-refractivity contribution < 1.29 is 4.74 Å². The average molecular weight is 254 g/mol. The summed E-state index contributed by atoms with van der Waals surface area (Å²) in [4.78, 5) is 5.68. The third kappa shape index (κ3) is 3.50. The molecule has 2 rings (SSSR count). The van der Waals surface area contributed by atoms with E-state index in [2.05, 4.69) is 24.1 Å². The van der Waals surface area contributed by atoms with Crippen molar-refractivity contribution in [2.24, 2.45) is 5.92 Å². The Morgan fingerprint density at radius 1 is 1.59 bits per heavy atom. The van der Waals surface area contributed by atoms with E-state index < -0.39 is 0 Å². The van der Waals surface area contributed by atoms with Crippen molar-refractivity contribution in [2.45, 2.75) is 39.2 Å². The van der Waals surface area contributed by atoms with E-state index in [0.717, 1.165) is 32.5 Å². The topological polar surface area (TPSA) is 34.1 Å². The Morgan fingerprint density at radius 2 is 2.47 bits per heavy atom. The van der Waals surface area contributed by atoms with Crippen LogP contribution in [-0.2, 0) is 11.2 Å². The molecule has 1 saturated heterocycles. The van der Waals surface area contributed by atoms with Gasteiger partial charge in [0.2, 0.25) is 0 Å². The van der Waals surface area contributed by atoms with E-state index >= 15 is 0 Å². The van der Waals surface area contributed by atoms with Crippen molar-refractivity contribution in [1.82, 2.24) is 10.3 Å². The fourth-order valence-corrected chi connectivity index (χ4v) is 3.21. The number of nitrogens with zero attached hydrogens (tertiary/aromatic N) is 1. The molecule has 0 spiro atoms. The number of aryl methyl sites for hydroxylation is 1. The van der Waals surface area contributed by atoms with Crippen LogP contribution in [0, 0.1) is 12.8 Å². The van der Waals surface area contributed by atoms with Crippen molar-refractivity contribution in [3.63, 3.8) is 0 Å². The van der Waals surface area contributed by atoms with Gasteiger partial charge in [-0.15, -0.1) is 11.3 Å². The molecule has 1 aromatic rings. The summed E-state index contributed by atoms with van der Waals surface area (Å²) in [7, 11) is 0. The second-order valence-electron chi connectivity index (χ2n) is 4.68. The molecule has 0 aromatic carbocycles. The molecular formula is C13H22N2OS. The highest BCUT2D eigenvalue weighted by Crippen LogP contribution is 2.22. The lowest BCUT2D eigenvalue weighted by Gasteiger charge is -2.17. The van der Waals surface area contributed by atoms with E-state index in [0.29, 0.717) is 12.0 Å². The summed E-state index contributed by atoms with van der Waals surface area (Å²) in [5, 5.41) is 3.56. The Balaban J connectivity index is 1.65. The maximum Gasteiger partial charge on any atom is 0.0797 e. The van der Waals surface area contributed by atoms with Crippen molar-refractivity contribution in [3.8, 4) is 0 Å². The SMILES string of the molecule is CCC1OCCC1CNCCc1scnc1C. The van der Waals surface area contributed by atoms with Gasteiger partial charge in [0.15, 0.2) is 0 Å². The molecular weight excluding hydrogens is 232 g/mol. The summed E-state index contributed by atoms with van der Waals surface area (Å²) in [5.74, 6) is 0.711. The van der Waals surface area contributed by atoms with Crippen LogP contribution in [0.4, 0.5) is 0 Å². The lowest BCUT2D eigenvalue weighted by molar-refractivity contribution is 0.0873. The van der Waals surface area contributed by atoms with Gasteiger partial charge in [0, 0.05) is 24.6 Å². The highest BCUT2D eigenvalue weighted by Gasteiger charge is 2.25. The molecule has 0 radical (unpaired) electrons. The number of aromatic nitrogens is 1. The molecule has 0 amide bonds. The average Bonchev–Trinajstić information content (AvgIpc) is 2.93. The molecule has 1 aromatic heterocycles. The van der Waals surface area contributed by atoms with Gasteiger partial charge in [0.25, 0.3) is 0 Å². The summed E-state index contributed by atoms with van der Waals surface area (Å²) >= 11 is 1.76. The maximum atomic E-state index is 5.69. The van der Waals surface area contributed by atoms with Gasteiger partial charge in [-0.05, 0) is 32.1 Å². The third-order valence-corrected chi connectivity index (χ3v) is 4.52. The van der Waals surface area contributed by atoms with Crippen molar-refractivity contribution in [2.75, 3.05) is 19.7 Å². The van der Waals surface area contributed by atoms with Crippen molar-refractivity contribution >= 4 is 11.3 Å². The van der Waals surface area contributed by atoms with Gasteiger partial charge < -0.3 is 10.1 Å². The van der Waals surface area contributed by atoms with Gasteiger partial charge in [-0.3, -0.25) is 0 Å². The number of hydrogen-bond acceptors (Lipinski definition) is 4. The summed E-state index contributed by atoms with van der Waals surface area (Å²) in [6.45, 7) is 7.39. The van der Waals surface area contributed by atoms with E-state index in [9.17, 15) is 0 Å². The molecule has 17 heavy (non-hydrogen) atoms.